The molecule has 0 aromatic carbocycles. The molecule has 0 spiro atoms. The van der Waals surface area contributed by atoms with Crippen molar-refractivity contribution < 1.29 is 23.9 Å². The fourth-order valence-electron chi connectivity index (χ4n) is 4.32. The average molecular weight is 503 g/mol. The van der Waals surface area contributed by atoms with E-state index in [2.05, 4.69) is 31.2 Å². The summed E-state index contributed by atoms with van der Waals surface area (Å²) >= 11 is 0. The topological polar surface area (TPSA) is 77.8 Å². The van der Waals surface area contributed by atoms with Crippen LogP contribution >= 0.6 is 7.60 Å². The van der Waals surface area contributed by atoms with Crippen LogP contribution in [-0.2, 0) is 4.57 Å². The van der Waals surface area contributed by atoms with E-state index in [1.165, 1.54) is 83.5 Å². The van der Waals surface area contributed by atoms with Crippen molar-refractivity contribution in [2.75, 3.05) is 27.7 Å². The van der Waals surface area contributed by atoms with Gasteiger partial charge in [0, 0.05) is 0 Å². The lowest BCUT2D eigenvalue weighted by molar-refractivity contribution is -0.875. The van der Waals surface area contributed by atoms with Gasteiger partial charge in [0.25, 0.3) is 0 Å². The first-order chi connectivity index (χ1) is 16.0. The zero-order valence-corrected chi connectivity index (χ0v) is 23.8. The van der Waals surface area contributed by atoms with Crippen molar-refractivity contribution in [3.05, 3.63) is 24.3 Å². The lowest BCUT2D eigenvalue weighted by Gasteiger charge is -2.35. The number of unbranched alkanes of at least 4 members (excludes halogenated alkanes) is 14. The van der Waals surface area contributed by atoms with E-state index in [9.17, 15) is 19.5 Å². The Kier molecular flexibility index (Phi) is 19.4. The van der Waals surface area contributed by atoms with Gasteiger partial charge in [0.1, 0.15) is 6.54 Å². The maximum absolute atomic E-state index is 11.8. The zero-order valence-electron chi connectivity index (χ0n) is 22.9. The van der Waals surface area contributed by atoms with Gasteiger partial charge in [0.2, 0.25) is 5.34 Å². The summed E-state index contributed by atoms with van der Waals surface area (Å²) in [6.45, 7) is 2.31. The molecule has 0 aliphatic rings. The molecule has 0 fully saturated rings. The summed E-state index contributed by atoms with van der Waals surface area (Å²) in [5, 5.41) is 8.61. The van der Waals surface area contributed by atoms with E-state index < -0.39 is 12.9 Å². The minimum atomic E-state index is -4.56. The Bertz CT molecular complexity index is 579. The summed E-state index contributed by atoms with van der Waals surface area (Å²) in [6.07, 6.45) is 29.9. The Morgan fingerprint density at radius 3 is 1.38 bits per heavy atom. The monoisotopic (exact) mass is 502 g/mol. The highest BCUT2D eigenvalue weighted by Crippen LogP contribution is 2.52. The molecule has 0 aromatic heterocycles. The molecule has 0 saturated heterocycles. The van der Waals surface area contributed by atoms with E-state index in [0.29, 0.717) is 10.9 Å². The Morgan fingerprint density at radius 1 is 0.647 bits per heavy atom. The summed E-state index contributed by atoms with van der Waals surface area (Å²) in [5.41, 5.74) is 0. The zero-order chi connectivity index (χ0) is 25.8. The van der Waals surface area contributed by atoms with Gasteiger partial charge < -0.3 is 19.4 Å². The van der Waals surface area contributed by atoms with E-state index in [1.807, 2.05) is 21.1 Å². The standard InChI is InChI=1S/C28H56NO4P/c1-5-6-7-8-9-10-11-12-13-14-15-16-17-18-19-20-21-22-23-24-25-26-28(30,34(31,32)33)27-29(2,3)4/h14-15,21-22,30H,5-13,16-20,23-27H2,1-4H3,(H-,31,32,33)/p+1/b15-14-,22-21-. The molecular weight excluding hydrogens is 445 g/mol. The maximum Gasteiger partial charge on any atom is 0.362 e. The molecule has 0 bridgehead atoms. The number of allylic oxidation sites excluding steroid dienone is 4. The fraction of sp³-hybridized carbons (Fsp3) is 0.857. The van der Waals surface area contributed by atoms with Crippen molar-refractivity contribution >= 4 is 7.60 Å². The highest BCUT2D eigenvalue weighted by Gasteiger charge is 2.48. The summed E-state index contributed by atoms with van der Waals surface area (Å²) in [6, 6.07) is 0. The molecule has 0 rings (SSSR count). The molecule has 1 atom stereocenters. The Hall–Kier alpha value is -0.450. The lowest BCUT2D eigenvalue weighted by atomic mass is 10.1. The van der Waals surface area contributed by atoms with Crippen LogP contribution in [0, 0.1) is 0 Å². The van der Waals surface area contributed by atoms with Crippen LogP contribution in [0.3, 0.4) is 0 Å². The second-order valence-electron chi connectivity index (χ2n) is 11.1. The summed E-state index contributed by atoms with van der Waals surface area (Å²) in [7, 11) is 0.930. The number of likely N-dealkylation sites (N-methyl/N-ethyl adjacent to an activating group) is 1. The third kappa shape index (κ3) is 19.8. The molecule has 0 radical (unpaired) electrons. The van der Waals surface area contributed by atoms with Gasteiger partial charge in [-0.1, -0.05) is 82.6 Å². The number of aliphatic hydroxyl groups is 1. The van der Waals surface area contributed by atoms with Gasteiger partial charge in [0.15, 0.2) is 0 Å². The third-order valence-electron chi connectivity index (χ3n) is 6.27. The molecule has 0 aliphatic heterocycles. The second kappa shape index (κ2) is 19.7. The van der Waals surface area contributed by atoms with Gasteiger partial charge >= 0.3 is 7.60 Å². The van der Waals surface area contributed by atoms with Crippen LogP contribution in [0.1, 0.15) is 122 Å². The quantitative estimate of drug-likeness (QED) is 0.0578. The van der Waals surface area contributed by atoms with Crippen LogP contribution in [0.4, 0.5) is 0 Å². The second-order valence-corrected chi connectivity index (χ2v) is 13.0. The molecule has 202 valence electrons. The van der Waals surface area contributed by atoms with Crippen molar-refractivity contribution in [2.24, 2.45) is 0 Å². The smallest absolute Gasteiger partial charge is 0.362 e. The van der Waals surface area contributed by atoms with E-state index in [4.69, 9.17) is 0 Å². The Balaban J connectivity index is 3.64. The molecule has 1 unspecified atom stereocenters. The van der Waals surface area contributed by atoms with Gasteiger partial charge in [-0.15, -0.1) is 0 Å². The summed E-state index contributed by atoms with van der Waals surface area (Å²) < 4.78 is 12.1. The average Bonchev–Trinajstić information content (AvgIpc) is 2.73. The van der Waals surface area contributed by atoms with Gasteiger partial charge in [-0.05, 0) is 64.2 Å². The number of rotatable bonds is 23. The van der Waals surface area contributed by atoms with Crippen LogP contribution < -0.4 is 0 Å². The molecule has 5 nitrogen and oxygen atoms in total. The van der Waals surface area contributed by atoms with Crippen molar-refractivity contribution in [1.82, 2.24) is 0 Å². The predicted octanol–water partition coefficient (Wildman–Crippen LogP) is 7.71. The van der Waals surface area contributed by atoms with E-state index in [-0.39, 0.29) is 13.0 Å². The summed E-state index contributed by atoms with van der Waals surface area (Å²) in [5.74, 6) is 0. The Morgan fingerprint density at radius 2 is 1.00 bits per heavy atom. The third-order valence-corrected chi connectivity index (χ3v) is 7.72. The number of hydrogen-bond acceptors (Lipinski definition) is 2. The highest BCUT2D eigenvalue weighted by molar-refractivity contribution is 7.53. The fourth-order valence-corrected chi connectivity index (χ4v) is 5.37. The van der Waals surface area contributed by atoms with Crippen molar-refractivity contribution in [3.8, 4) is 0 Å². The molecular formula is C28H57NO4P+. The first kappa shape index (κ1) is 33.5. The molecule has 0 amide bonds. The minimum absolute atomic E-state index is 0.0432. The first-order valence-electron chi connectivity index (χ1n) is 13.9. The lowest BCUT2D eigenvalue weighted by Crippen LogP contribution is -2.49. The van der Waals surface area contributed by atoms with Gasteiger partial charge in [0.05, 0.1) is 21.1 Å². The highest BCUT2D eigenvalue weighted by atomic mass is 31.2. The SMILES string of the molecule is CCCCCCCCCC/C=C\CCCCC/C=C\CCCCC(O)(C[N+](C)(C)C)P(=O)(O)O. The molecule has 0 saturated carbocycles. The van der Waals surface area contributed by atoms with Gasteiger partial charge in [-0.25, -0.2) is 0 Å². The van der Waals surface area contributed by atoms with Crippen molar-refractivity contribution in [2.45, 2.75) is 128 Å². The largest absolute Gasteiger partial charge is 0.373 e. The molecule has 0 aromatic rings. The number of hydrogen-bond donors (Lipinski definition) is 3. The minimum Gasteiger partial charge on any atom is -0.373 e. The van der Waals surface area contributed by atoms with E-state index in [0.717, 1.165) is 19.3 Å². The molecule has 6 heteroatoms. The van der Waals surface area contributed by atoms with Crippen LogP contribution in [0.5, 0.6) is 0 Å². The van der Waals surface area contributed by atoms with E-state index >= 15 is 0 Å². The summed E-state index contributed by atoms with van der Waals surface area (Å²) in [4.78, 5) is 19.2. The van der Waals surface area contributed by atoms with Gasteiger partial charge in [-0.2, -0.15) is 0 Å². The van der Waals surface area contributed by atoms with Crippen molar-refractivity contribution in [1.29, 1.82) is 0 Å². The molecule has 34 heavy (non-hydrogen) atoms. The predicted molar refractivity (Wildman–Crippen MR) is 147 cm³/mol. The van der Waals surface area contributed by atoms with Gasteiger partial charge in [-0.3, -0.25) is 4.57 Å². The molecule has 3 N–H and O–H groups in total. The molecule has 0 aliphatic carbocycles. The van der Waals surface area contributed by atoms with Crippen LogP contribution in [-0.4, -0.2) is 52.4 Å². The Labute approximate surface area is 211 Å². The maximum atomic E-state index is 11.8. The number of nitrogens with zero attached hydrogens (tertiary/aromatic N) is 1. The van der Waals surface area contributed by atoms with Crippen LogP contribution in [0.15, 0.2) is 24.3 Å². The number of quaternary nitrogens is 1. The van der Waals surface area contributed by atoms with Crippen LogP contribution in [0.25, 0.3) is 0 Å². The molecule has 0 heterocycles. The van der Waals surface area contributed by atoms with Crippen LogP contribution in [0.2, 0.25) is 0 Å². The van der Waals surface area contributed by atoms with E-state index in [1.54, 1.807) is 0 Å². The first-order valence-corrected chi connectivity index (χ1v) is 15.5. The normalized spacial score (nSPS) is 14.9. The van der Waals surface area contributed by atoms with Crippen molar-refractivity contribution in [3.63, 3.8) is 0 Å².